The highest BCUT2D eigenvalue weighted by molar-refractivity contribution is 7.10. The van der Waals surface area contributed by atoms with E-state index in [9.17, 15) is 0 Å². The molecule has 0 spiro atoms. The maximum absolute atomic E-state index is 9.10. The van der Waals surface area contributed by atoms with E-state index in [0.717, 1.165) is 34.5 Å². The fraction of sp³-hybridized carbons (Fsp3) is 0.200. The molecule has 0 fully saturated rings. The number of hydrogen-bond donors (Lipinski definition) is 3. The van der Waals surface area contributed by atoms with Gasteiger partial charge in [0.2, 0.25) is 0 Å². The molecule has 0 saturated carbocycles. The molecule has 0 saturated heterocycles. The molecule has 8 heteroatoms. The highest BCUT2D eigenvalue weighted by atomic mass is 35.5. The summed E-state index contributed by atoms with van der Waals surface area (Å²) in [6.45, 7) is 0.911. The first-order valence-electron chi connectivity index (χ1n) is 8.42. The second-order valence-corrected chi connectivity index (χ2v) is 7.10. The van der Waals surface area contributed by atoms with E-state index in [1.54, 1.807) is 11.3 Å². The van der Waals surface area contributed by atoms with Gasteiger partial charge in [0.1, 0.15) is 11.9 Å². The molecule has 0 aliphatic heterocycles. The van der Waals surface area contributed by atoms with Crippen LogP contribution in [0.2, 0.25) is 5.02 Å². The smallest absolute Gasteiger partial charge is 0.414 e. The van der Waals surface area contributed by atoms with Crippen LogP contribution < -0.4 is 10.1 Å². The second kappa shape index (κ2) is 10.7. The molecule has 1 aromatic heterocycles. The summed E-state index contributed by atoms with van der Waals surface area (Å²) < 4.78 is 6.34. The van der Waals surface area contributed by atoms with E-state index in [1.165, 1.54) is 4.88 Å². The lowest BCUT2D eigenvalue weighted by Crippen LogP contribution is -2.15. The van der Waals surface area contributed by atoms with E-state index >= 15 is 0 Å². The molecule has 0 radical (unpaired) electrons. The van der Waals surface area contributed by atoms with Crippen LogP contribution in [-0.2, 0) is 9.59 Å². The van der Waals surface area contributed by atoms with Crippen molar-refractivity contribution in [3.05, 3.63) is 63.8 Å². The maximum atomic E-state index is 9.10. The maximum Gasteiger partial charge on any atom is 0.414 e. The van der Waals surface area contributed by atoms with Gasteiger partial charge in [0.15, 0.2) is 0 Å². The Labute approximate surface area is 171 Å². The molecule has 1 unspecified atom stereocenters. The SMILES string of the molecule is CNCCC(Oc1ccc(Cl)c2ccccc12)c1cccs1.O=C(O)C(=O)O. The molecule has 2 aromatic carbocycles. The molecule has 3 N–H and O–H groups in total. The average molecular weight is 422 g/mol. The number of ether oxygens (including phenoxy) is 1. The van der Waals surface area contributed by atoms with Crippen molar-refractivity contribution in [3.63, 3.8) is 0 Å². The molecule has 0 amide bonds. The summed E-state index contributed by atoms with van der Waals surface area (Å²) in [7, 11) is 1.96. The van der Waals surface area contributed by atoms with Crippen molar-refractivity contribution in [1.82, 2.24) is 5.32 Å². The molecule has 148 valence electrons. The van der Waals surface area contributed by atoms with Gasteiger partial charge in [0, 0.05) is 27.1 Å². The number of fused-ring (bicyclic) bond motifs is 1. The van der Waals surface area contributed by atoms with Gasteiger partial charge in [-0.05, 0) is 37.2 Å². The van der Waals surface area contributed by atoms with Gasteiger partial charge in [-0.15, -0.1) is 11.3 Å². The highest BCUT2D eigenvalue weighted by Crippen LogP contribution is 2.35. The van der Waals surface area contributed by atoms with Crippen LogP contribution in [0.1, 0.15) is 17.4 Å². The van der Waals surface area contributed by atoms with E-state index in [-0.39, 0.29) is 6.10 Å². The lowest BCUT2D eigenvalue weighted by atomic mass is 10.1. The minimum absolute atomic E-state index is 0.0528. The zero-order valence-corrected chi connectivity index (χ0v) is 16.7. The Bertz CT molecular complexity index is 918. The Morgan fingerprint density at radius 1 is 1.07 bits per heavy atom. The van der Waals surface area contributed by atoms with E-state index in [1.807, 2.05) is 37.4 Å². The van der Waals surface area contributed by atoms with Gasteiger partial charge in [-0.1, -0.05) is 41.9 Å². The molecular formula is C20H20ClNO5S. The van der Waals surface area contributed by atoms with Gasteiger partial charge >= 0.3 is 11.9 Å². The van der Waals surface area contributed by atoms with E-state index in [0.29, 0.717) is 0 Å². The minimum atomic E-state index is -1.82. The normalized spacial score (nSPS) is 11.4. The Morgan fingerprint density at radius 3 is 2.32 bits per heavy atom. The van der Waals surface area contributed by atoms with Crippen LogP contribution in [0.4, 0.5) is 0 Å². The average Bonchev–Trinajstić information content (AvgIpc) is 3.22. The Hall–Kier alpha value is -2.61. The summed E-state index contributed by atoms with van der Waals surface area (Å²) in [5.74, 6) is -2.76. The predicted octanol–water partition coefficient (Wildman–Crippen LogP) is 4.44. The molecule has 1 heterocycles. The van der Waals surface area contributed by atoms with Crippen molar-refractivity contribution in [2.24, 2.45) is 0 Å². The summed E-state index contributed by atoms with van der Waals surface area (Å²) in [6, 6.07) is 16.2. The number of carboxylic acid groups (broad SMARTS) is 2. The number of benzene rings is 2. The van der Waals surface area contributed by atoms with Crippen molar-refractivity contribution >= 4 is 45.6 Å². The lowest BCUT2D eigenvalue weighted by Gasteiger charge is -2.19. The zero-order chi connectivity index (χ0) is 20.5. The second-order valence-electron chi connectivity index (χ2n) is 5.72. The predicted molar refractivity (Wildman–Crippen MR) is 110 cm³/mol. The largest absolute Gasteiger partial charge is 0.484 e. The number of nitrogens with one attached hydrogen (secondary N) is 1. The summed E-state index contributed by atoms with van der Waals surface area (Å²) in [6.07, 6.45) is 0.977. The van der Waals surface area contributed by atoms with Crippen LogP contribution in [0.15, 0.2) is 53.9 Å². The fourth-order valence-electron chi connectivity index (χ4n) is 2.50. The van der Waals surface area contributed by atoms with Gasteiger partial charge in [-0.2, -0.15) is 0 Å². The molecular weight excluding hydrogens is 402 g/mol. The van der Waals surface area contributed by atoms with Gasteiger partial charge in [-0.3, -0.25) is 0 Å². The van der Waals surface area contributed by atoms with Crippen LogP contribution in [0, 0.1) is 0 Å². The number of thiophene rings is 1. The monoisotopic (exact) mass is 421 g/mol. The van der Waals surface area contributed by atoms with Crippen molar-refractivity contribution < 1.29 is 24.5 Å². The molecule has 3 rings (SSSR count). The standard InChI is InChI=1S/C18H18ClNOS.C2H2O4/c1-20-11-10-17(18-7-4-12-22-18)21-16-9-8-15(19)13-5-2-3-6-14(13)16;3-1(4)2(5)6/h2-9,12,17,20H,10-11H2,1H3;(H,3,4)(H,5,6). The molecule has 0 aliphatic carbocycles. The van der Waals surface area contributed by atoms with Crippen molar-refractivity contribution in [2.75, 3.05) is 13.6 Å². The zero-order valence-electron chi connectivity index (χ0n) is 15.1. The molecule has 6 nitrogen and oxygen atoms in total. The lowest BCUT2D eigenvalue weighted by molar-refractivity contribution is -0.159. The fourth-order valence-corrected chi connectivity index (χ4v) is 3.52. The molecule has 3 aromatic rings. The number of hydrogen-bond acceptors (Lipinski definition) is 5. The Balaban J connectivity index is 0.000000409. The highest BCUT2D eigenvalue weighted by Gasteiger charge is 2.16. The number of rotatable bonds is 6. The van der Waals surface area contributed by atoms with Gasteiger partial charge < -0.3 is 20.3 Å². The third kappa shape index (κ3) is 5.95. The number of halogens is 1. The first kappa shape index (κ1) is 21.7. The summed E-state index contributed by atoms with van der Waals surface area (Å²) in [4.78, 5) is 19.4. The third-order valence-corrected chi connectivity index (χ3v) is 5.09. The summed E-state index contributed by atoms with van der Waals surface area (Å²) in [5.41, 5.74) is 0. The Morgan fingerprint density at radius 2 is 1.75 bits per heavy atom. The Kier molecular flexibility index (Phi) is 8.25. The van der Waals surface area contributed by atoms with Gasteiger partial charge in [0.25, 0.3) is 0 Å². The molecule has 28 heavy (non-hydrogen) atoms. The van der Waals surface area contributed by atoms with Crippen molar-refractivity contribution in [1.29, 1.82) is 0 Å². The number of aliphatic carboxylic acids is 2. The van der Waals surface area contributed by atoms with Gasteiger partial charge in [0.05, 0.1) is 0 Å². The van der Waals surface area contributed by atoms with Crippen LogP contribution >= 0.6 is 22.9 Å². The molecule has 0 bridgehead atoms. The first-order valence-corrected chi connectivity index (χ1v) is 9.68. The topological polar surface area (TPSA) is 95.9 Å². The van der Waals surface area contributed by atoms with Crippen LogP contribution in [0.3, 0.4) is 0 Å². The third-order valence-electron chi connectivity index (χ3n) is 3.80. The molecule has 1 atom stereocenters. The quantitative estimate of drug-likeness (QED) is 0.509. The van der Waals surface area contributed by atoms with Gasteiger partial charge in [-0.25, -0.2) is 9.59 Å². The van der Waals surface area contributed by atoms with E-state index < -0.39 is 11.9 Å². The summed E-state index contributed by atoms with van der Waals surface area (Å²) in [5, 5.41) is 22.9. The van der Waals surface area contributed by atoms with Crippen LogP contribution in [0.25, 0.3) is 10.8 Å². The van der Waals surface area contributed by atoms with Crippen molar-refractivity contribution in [2.45, 2.75) is 12.5 Å². The van der Waals surface area contributed by atoms with E-state index in [4.69, 9.17) is 36.1 Å². The van der Waals surface area contributed by atoms with Crippen LogP contribution in [0.5, 0.6) is 5.75 Å². The van der Waals surface area contributed by atoms with Crippen LogP contribution in [-0.4, -0.2) is 35.7 Å². The number of carbonyl (C=O) groups is 2. The first-order chi connectivity index (χ1) is 13.4. The van der Waals surface area contributed by atoms with Crippen molar-refractivity contribution in [3.8, 4) is 5.75 Å². The summed E-state index contributed by atoms with van der Waals surface area (Å²) >= 11 is 8.02. The minimum Gasteiger partial charge on any atom is -0.484 e. The number of carboxylic acids is 2. The molecule has 0 aliphatic rings. The van der Waals surface area contributed by atoms with E-state index in [2.05, 4.69) is 28.9 Å².